The van der Waals surface area contributed by atoms with Crippen molar-refractivity contribution in [2.45, 2.75) is 12.0 Å². The number of sulfonamides is 1. The normalized spacial score (nSPS) is 23.2. The van der Waals surface area contributed by atoms with Gasteiger partial charge in [-0.2, -0.15) is 4.72 Å². The number of rotatable bonds is 5. The van der Waals surface area contributed by atoms with Crippen LogP contribution in [0.1, 0.15) is 12.0 Å². The maximum absolute atomic E-state index is 12.0. The fourth-order valence-electron chi connectivity index (χ4n) is 1.90. The lowest BCUT2D eigenvalue weighted by Gasteiger charge is -2.22. The van der Waals surface area contributed by atoms with Crippen molar-refractivity contribution in [3.05, 3.63) is 41.3 Å². The first kappa shape index (κ1) is 14.7. The van der Waals surface area contributed by atoms with Crippen molar-refractivity contribution in [1.29, 1.82) is 0 Å². The number of aliphatic carboxylic acids is 1. The Labute approximate surface area is 117 Å². The van der Waals surface area contributed by atoms with Crippen molar-refractivity contribution in [3.8, 4) is 0 Å². The van der Waals surface area contributed by atoms with Gasteiger partial charge in [-0.3, -0.25) is 4.79 Å². The fraction of sp³-hybridized carbons (Fsp3) is 0.308. The Morgan fingerprint density at radius 3 is 2.60 bits per heavy atom. The van der Waals surface area contributed by atoms with E-state index in [1.165, 1.54) is 6.08 Å². The van der Waals surface area contributed by atoms with E-state index in [1.54, 1.807) is 24.3 Å². The maximum Gasteiger partial charge on any atom is 0.327 e. The predicted octanol–water partition coefficient (Wildman–Crippen LogP) is 0.820. The molecule has 1 fully saturated rings. The fourth-order valence-corrected chi connectivity index (χ4v) is 3.09. The minimum Gasteiger partial charge on any atom is -0.480 e. The number of hydrogen-bond donors (Lipinski definition) is 2. The van der Waals surface area contributed by atoms with Crippen LogP contribution in [0, 0.1) is 0 Å². The molecule has 0 amide bonds. The molecule has 0 aromatic heterocycles. The first-order valence-corrected chi connectivity index (χ1v) is 7.56. The summed E-state index contributed by atoms with van der Waals surface area (Å²) >= 11 is 0. The zero-order chi connectivity index (χ0) is 14.6. The third-order valence-corrected chi connectivity index (χ3v) is 4.18. The second-order valence-electron chi connectivity index (χ2n) is 4.55. The molecular formula is C13H15NO5S. The smallest absolute Gasteiger partial charge is 0.327 e. The molecule has 1 aromatic carbocycles. The number of hydrogen-bond acceptors (Lipinski definition) is 4. The van der Waals surface area contributed by atoms with E-state index >= 15 is 0 Å². The molecule has 6 nitrogen and oxygen atoms in total. The molecule has 0 unspecified atom stereocenters. The minimum atomic E-state index is -3.86. The largest absolute Gasteiger partial charge is 0.480 e. The van der Waals surface area contributed by atoms with Crippen molar-refractivity contribution in [3.63, 3.8) is 0 Å². The molecule has 20 heavy (non-hydrogen) atoms. The molecule has 0 aliphatic carbocycles. The molecule has 1 aliphatic heterocycles. The molecule has 0 bridgehead atoms. The summed E-state index contributed by atoms with van der Waals surface area (Å²) in [4.78, 5) is 11.2. The molecule has 1 saturated heterocycles. The summed E-state index contributed by atoms with van der Waals surface area (Å²) < 4.78 is 31.1. The quantitative estimate of drug-likeness (QED) is 0.839. The van der Waals surface area contributed by atoms with Gasteiger partial charge in [0.05, 0.1) is 6.61 Å². The maximum atomic E-state index is 12.0. The topological polar surface area (TPSA) is 92.7 Å². The highest BCUT2D eigenvalue weighted by molar-refractivity contribution is 7.92. The van der Waals surface area contributed by atoms with Crippen LogP contribution in [0.5, 0.6) is 0 Å². The lowest BCUT2D eigenvalue weighted by atomic mass is 10.0. The third-order valence-electron chi connectivity index (χ3n) is 3.01. The van der Waals surface area contributed by atoms with E-state index in [-0.39, 0.29) is 19.6 Å². The van der Waals surface area contributed by atoms with E-state index in [0.29, 0.717) is 5.56 Å². The van der Waals surface area contributed by atoms with Crippen molar-refractivity contribution in [2.75, 3.05) is 13.2 Å². The van der Waals surface area contributed by atoms with E-state index < -0.39 is 21.5 Å². The van der Waals surface area contributed by atoms with Gasteiger partial charge in [-0.05, 0) is 11.6 Å². The highest BCUT2D eigenvalue weighted by Gasteiger charge is 2.45. The average Bonchev–Trinajstić information content (AvgIpc) is 2.87. The Balaban J connectivity index is 2.15. The Bertz CT molecular complexity index is 603. The molecule has 7 heteroatoms. The van der Waals surface area contributed by atoms with Crippen molar-refractivity contribution in [2.24, 2.45) is 0 Å². The van der Waals surface area contributed by atoms with Crippen LogP contribution >= 0.6 is 0 Å². The van der Waals surface area contributed by atoms with Crippen LogP contribution in [0.3, 0.4) is 0 Å². The van der Waals surface area contributed by atoms with E-state index in [0.717, 1.165) is 5.41 Å². The second kappa shape index (κ2) is 5.74. The monoisotopic (exact) mass is 297 g/mol. The summed E-state index contributed by atoms with van der Waals surface area (Å²) in [5, 5.41) is 10.1. The Morgan fingerprint density at radius 1 is 1.35 bits per heavy atom. The van der Waals surface area contributed by atoms with Gasteiger partial charge in [-0.1, -0.05) is 30.3 Å². The Kier molecular flexibility index (Phi) is 4.22. The molecule has 2 rings (SSSR count). The van der Waals surface area contributed by atoms with Gasteiger partial charge < -0.3 is 9.84 Å². The highest BCUT2D eigenvalue weighted by Crippen LogP contribution is 2.20. The van der Waals surface area contributed by atoms with Crippen LogP contribution in [0.2, 0.25) is 0 Å². The van der Waals surface area contributed by atoms with Crippen LogP contribution in [0.15, 0.2) is 35.7 Å². The molecule has 108 valence electrons. The van der Waals surface area contributed by atoms with Gasteiger partial charge in [0.1, 0.15) is 0 Å². The number of carbonyl (C=O) groups is 1. The number of benzene rings is 1. The number of carboxylic acids is 1. The molecule has 0 saturated carbocycles. The van der Waals surface area contributed by atoms with E-state index in [1.807, 2.05) is 6.07 Å². The molecule has 2 N–H and O–H groups in total. The molecule has 1 aromatic rings. The van der Waals surface area contributed by atoms with Gasteiger partial charge in [0, 0.05) is 18.4 Å². The highest BCUT2D eigenvalue weighted by atomic mass is 32.2. The lowest BCUT2D eigenvalue weighted by molar-refractivity contribution is -0.144. The molecule has 0 spiro atoms. The summed E-state index contributed by atoms with van der Waals surface area (Å²) in [6.07, 6.45) is 1.52. The molecule has 1 heterocycles. The van der Waals surface area contributed by atoms with Crippen LogP contribution in [0.4, 0.5) is 0 Å². The van der Waals surface area contributed by atoms with E-state index in [9.17, 15) is 18.3 Å². The average molecular weight is 297 g/mol. The van der Waals surface area contributed by atoms with Gasteiger partial charge in [-0.25, -0.2) is 8.42 Å². The molecular weight excluding hydrogens is 282 g/mol. The molecule has 0 radical (unpaired) electrons. The summed E-state index contributed by atoms with van der Waals surface area (Å²) in [5.41, 5.74) is -0.857. The van der Waals surface area contributed by atoms with Gasteiger partial charge in [0.25, 0.3) is 0 Å². The van der Waals surface area contributed by atoms with Gasteiger partial charge in [-0.15, -0.1) is 0 Å². The predicted molar refractivity (Wildman–Crippen MR) is 73.3 cm³/mol. The van der Waals surface area contributed by atoms with E-state index in [2.05, 4.69) is 4.72 Å². The lowest BCUT2D eigenvalue weighted by Crippen LogP contribution is -2.54. The first-order valence-electron chi connectivity index (χ1n) is 6.02. The van der Waals surface area contributed by atoms with Gasteiger partial charge in [0.2, 0.25) is 10.0 Å². The van der Waals surface area contributed by atoms with Crippen molar-refractivity contribution in [1.82, 2.24) is 4.72 Å². The minimum absolute atomic E-state index is 0.112. The number of nitrogens with one attached hydrogen (secondary N) is 1. The number of ether oxygens (including phenoxy) is 1. The zero-order valence-corrected chi connectivity index (χ0v) is 11.5. The van der Waals surface area contributed by atoms with Gasteiger partial charge >= 0.3 is 5.97 Å². The third kappa shape index (κ3) is 3.44. The number of carboxylic acid groups (broad SMARTS) is 1. The summed E-state index contributed by atoms with van der Waals surface area (Å²) in [5.74, 6) is -1.23. The Hall–Kier alpha value is -1.70. The SMILES string of the molecule is O=C(O)[C@@]1(NS(=O)(=O)/C=C\c2ccccc2)CCOC1. The summed E-state index contributed by atoms with van der Waals surface area (Å²) in [7, 11) is -3.86. The van der Waals surface area contributed by atoms with Gasteiger partial charge in [0.15, 0.2) is 5.54 Å². The van der Waals surface area contributed by atoms with Crippen molar-refractivity contribution < 1.29 is 23.1 Å². The summed E-state index contributed by atoms with van der Waals surface area (Å²) in [6.45, 7) is 0.0535. The second-order valence-corrected chi connectivity index (χ2v) is 6.12. The van der Waals surface area contributed by atoms with Crippen LogP contribution < -0.4 is 4.72 Å². The van der Waals surface area contributed by atoms with E-state index in [4.69, 9.17) is 4.74 Å². The zero-order valence-electron chi connectivity index (χ0n) is 10.7. The first-order chi connectivity index (χ1) is 9.44. The van der Waals surface area contributed by atoms with Crippen LogP contribution in [0.25, 0.3) is 6.08 Å². The van der Waals surface area contributed by atoms with Crippen LogP contribution in [-0.2, 0) is 19.6 Å². The molecule has 1 aliphatic rings. The standard InChI is InChI=1S/C13H15NO5S/c15-12(16)13(7-8-19-10-13)14-20(17,18)9-6-11-4-2-1-3-5-11/h1-6,9,14H,7-8,10H2,(H,15,16)/b9-6-/t13-/m1/s1. The molecule has 1 atom stereocenters. The Morgan fingerprint density at radius 2 is 2.05 bits per heavy atom. The summed E-state index contributed by atoms with van der Waals surface area (Å²) in [6, 6.07) is 8.88. The van der Waals surface area contributed by atoms with Crippen molar-refractivity contribution >= 4 is 22.1 Å². The van der Waals surface area contributed by atoms with Crippen LogP contribution in [-0.4, -0.2) is 38.2 Å².